The summed E-state index contributed by atoms with van der Waals surface area (Å²) in [4.78, 5) is 13.0. The van der Waals surface area contributed by atoms with Crippen LogP contribution in [0, 0.1) is 11.3 Å². The van der Waals surface area contributed by atoms with Gasteiger partial charge in [0.15, 0.2) is 0 Å². The van der Waals surface area contributed by atoms with Crippen molar-refractivity contribution in [2.24, 2.45) is 11.3 Å². The SMILES string of the molecule is COC(=O)c1csc2c1CCC(C(C)(C)C)C2. The Morgan fingerprint density at radius 3 is 2.76 bits per heavy atom. The fourth-order valence-corrected chi connectivity index (χ4v) is 3.68. The van der Waals surface area contributed by atoms with Gasteiger partial charge in [0.25, 0.3) is 0 Å². The number of carbonyl (C=O) groups is 1. The van der Waals surface area contributed by atoms with Crippen LogP contribution in [0.25, 0.3) is 0 Å². The van der Waals surface area contributed by atoms with Gasteiger partial charge >= 0.3 is 5.97 Å². The van der Waals surface area contributed by atoms with Crippen LogP contribution in [-0.4, -0.2) is 13.1 Å². The first-order chi connectivity index (χ1) is 7.93. The number of hydrogen-bond donors (Lipinski definition) is 0. The van der Waals surface area contributed by atoms with E-state index in [-0.39, 0.29) is 5.97 Å². The second-order valence-corrected chi connectivity index (χ2v) is 6.81. The van der Waals surface area contributed by atoms with Crippen molar-refractivity contribution >= 4 is 17.3 Å². The van der Waals surface area contributed by atoms with E-state index < -0.39 is 0 Å². The van der Waals surface area contributed by atoms with E-state index >= 15 is 0 Å². The predicted molar refractivity (Wildman–Crippen MR) is 70.6 cm³/mol. The maximum Gasteiger partial charge on any atom is 0.338 e. The van der Waals surface area contributed by atoms with Crippen molar-refractivity contribution in [2.45, 2.75) is 40.0 Å². The molecule has 0 saturated carbocycles. The molecule has 3 heteroatoms. The van der Waals surface area contributed by atoms with Gasteiger partial charge in [0.2, 0.25) is 0 Å². The van der Waals surface area contributed by atoms with Crippen LogP contribution in [0.15, 0.2) is 5.38 Å². The zero-order valence-electron chi connectivity index (χ0n) is 11.0. The fraction of sp³-hybridized carbons (Fsp3) is 0.643. The van der Waals surface area contributed by atoms with Gasteiger partial charge in [-0.15, -0.1) is 11.3 Å². The fourth-order valence-electron chi connectivity index (χ4n) is 2.53. The van der Waals surface area contributed by atoms with Crippen molar-refractivity contribution in [1.82, 2.24) is 0 Å². The third kappa shape index (κ3) is 2.39. The molecule has 94 valence electrons. The molecule has 0 spiro atoms. The highest BCUT2D eigenvalue weighted by Gasteiger charge is 2.31. The lowest BCUT2D eigenvalue weighted by molar-refractivity contribution is 0.0599. The molecule has 0 saturated heterocycles. The van der Waals surface area contributed by atoms with E-state index in [0.29, 0.717) is 5.41 Å². The van der Waals surface area contributed by atoms with E-state index in [0.717, 1.165) is 24.3 Å². The lowest BCUT2D eigenvalue weighted by atomic mass is 9.72. The molecular formula is C14H20O2S. The molecule has 17 heavy (non-hydrogen) atoms. The first kappa shape index (κ1) is 12.6. The molecule has 0 aromatic carbocycles. The first-order valence-electron chi connectivity index (χ1n) is 6.11. The van der Waals surface area contributed by atoms with Gasteiger partial charge in [0.1, 0.15) is 0 Å². The molecule has 1 aliphatic rings. The van der Waals surface area contributed by atoms with Crippen LogP contribution in [0.3, 0.4) is 0 Å². The number of fused-ring (bicyclic) bond motifs is 1. The summed E-state index contributed by atoms with van der Waals surface area (Å²) in [6, 6.07) is 0. The van der Waals surface area contributed by atoms with E-state index in [1.54, 1.807) is 11.3 Å². The number of carbonyl (C=O) groups excluding carboxylic acids is 1. The summed E-state index contributed by atoms with van der Waals surface area (Å²) >= 11 is 1.71. The van der Waals surface area contributed by atoms with Crippen molar-refractivity contribution in [1.29, 1.82) is 0 Å². The van der Waals surface area contributed by atoms with Gasteiger partial charge in [-0.2, -0.15) is 0 Å². The van der Waals surface area contributed by atoms with Crippen molar-refractivity contribution < 1.29 is 9.53 Å². The lowest BCUT2D eigenvalue weighted by Crippen LogP contribution is -2.26. The Balaban J connectivity index is 2.24. The highest BCUT2D eigenvalue weighted by atomic mass is 32.1. The summed E-state index contributed by atoms with van der Waals surface area (Å²) in [5.41, 5.74) is 2.38. The Kier molecular flexibility index (Phi) is 3.30. The van der Waals surface area contributed by atoms with Gasteiger partial charge in [-0.1, -0.05) is 20.8 Å². The number of thiophene rings is 1. The van der Waals surface area contributed by atoms with E-state index in [9.17, 15) is 4.79 Å². The van der Waals surface area contributed by atoms with Gasteiger partial charge in [0, 0.05) is 10.3 Å². The van der Waals surface area contributed by atoms with Gasteiger partial charge in [-0.25, -0.2) is 4.79 Å². The van der Waals surface area contributed by atoms with Gasteiger partial charge in [-0.05, 0) is 36.2 Å². The summed E-state index contributed by atoms with van der Waals surface area (Å²) in [5.74, 6) is 0.538. The lowest BCUT2D eigenvalue weighted by Gasteiger charge is -2.33. The number of hydrogen-bond acceptors (Lipinski definition) is 3. The van der Waals surface area contributed by atoms with Crippen LogP contribution in [-0.2, 0) is 17.6 Å². The molecule has 2 nitrogen and oxygen atoms in total. The molecule has 0 aliphatic heterocycles. The molecule has 1 unspecified atom stereocenters. The van der Waals surface area contributed by atoms with Crippen LogP contribution in [0.2, 0.25) is 0 Å². The maximum atomic E-state index is 11.6. The molecule has 1 aromatic heterocycles. The molecule has 0 N–H and O–H groups in total. The Morgan fingerprint density at radius 1 is 1.47 bits per heavy atom. The molecule has 0 fully saturated rings. The monoisotopic (exact) mass is 252 g/mol. The van der Waals surface area contributed by atoms with E-state index in [1.165, 1.54) is 24.0 Å². The van der Waals surface area contributed by atoms with E-state index in [4.69, 9.17) is 4.74 Å². The van der Waals surface area contributed by atoms with Crippen LogP contribution < -0.4 is 0 Å². The Hall–Kier alpha value is -0.830. The summed E-state index contributed by atoms with van der Waals surface area (Å²) < 4.78 is 4.82. The van der Waals surface area contributed by atoms with Crippen LogP contribution in [0.4, 0.5) is 0 Å². The summed E-state index contributed by atoms with van der Waals surface area (Å²) in [7, 11) is 1.45. The summed E-state index contributed by atoms with van der Waals surface area (Å²) in [6.45, 7) is 6.91. The molecule has 0 radical (unpaired) electrons. The van der Waals surface area contributed by atoms with Crippen molar-refractivity contribution in [3.63, 3.8) is 0 Å². The van der Waals surface area contributed by atoms with Crippen molar-refractivity contribution in [3.8, 4) is 0 Å². The quantitative estimate of drug-likeness (QED) is 0.713. The number of ether oxygens (including phenoxy) is 1. The molecule has 1 atom stereocenters. The van der Waals surface area contributed by atoms with Gasteiger partial charge in [0.05, 0.1) is 12.7 Å². The molecule has 1 heterocycles. The first-order valence-corrected chi connectivity index (χ1v) is 6.99. The zero-order chi connectivity index (χ0) is 12.6. The molecule has 1 aromatic rings. The number of methoxy groups -OCH3 is 1. The highest BCUT2D eigenvalue weighted by molar-refractivity contribution is 7.10. The Morgan fingerprint density at radius 2 is 2.18 bits per heavy atom. The topological polar surface area (TPSA) is 26.3 Å². The summed E-state index contributed by atoms with van der Waals surface area (Å²) in [6.07, 6.45) is 3.31. The van der Waals surface area contributed by atoms with E-state index in [1.807, 2.05) is 5.38 Å². The molecule has 2 rings (SSSR count). The standard InChI is InChI=1S/C14H20O2S/c1-14(2,3)9-5-6-10-11(13(15)16-4)8-17-12(10)7-9/h8-9H,5-7H2,1-4H3. The van der Waals surface area contributed by atoms with Crippen LogP contribution in [0.1, 0.15) is 48.0 Å². The Labute approximate surface area is 107 Å². The smallest absolute Gasteiger partial charge is 0.338 e. The van der Waals surface area contributed by atoms with Crippen LogP contribution >= 0.6 is 11.3 Å². The largest absolute Gasteiger partial charge is 0.465 e. The highest BCUT2D eigenvalue weighted by Crippen LogP contribution is 2.40. The summed E-state index contributed by atoms with van der Waals surface area (Å²) in [5, 5.41) is 1.96. The van der Waals surface area contributed by atoms with Gasteiger partial charge < -0.3 is 4.74 Å². The normalized spacial score (nSPS) is 19.9. The number of rotatable bonds is 1. The van der Waals surface area contributed by atoms with Crippen molar-refractivity contribution in [2.75, 3.05) is 7.11 Å². The van der Waals surface area contributed by atoms with E-state index in [2.05, 4.69) is 20.8 Å². The molecule has 0 amide bonds. The average molecular weight is 252 g/mol. The third-order valence-electron chi connectivity index (χ3n) is 3.79. The number of esters is 1. The minimum atomic E-state index is -0.184. The minimum absolute atomic E-state index is 0.184. The average Bonchev–Trinajstić information content (AvgIpc) is 2.69. The molecule has 1 aliphatic carbocycles. The second-order valence-electron chi connectivity index (χ2n) is 5.85. The van der Waals surface area contributed by atoms with Gasteiger partial charge in [-0.3, -0.25) is 0 Å². The molecule has 0 bridgehead atoms. The van der Waals surface area contributed by atoms with Crippen LogP contribution in [0.5, 0.6) is 0 Å². The van der Waals surface area contributed by atoms with Crippen molar-refractivity contribution in [3.05, 3.63) is 21.4 Å². The Bertz CT molecular complexity index is 426. The zero-order valence-corrected chi connectivity index (χ0v) is 11.8. The second kappa shape index (κ2) is 4.45. The predicted octanol–water partition coefficient (Wildman–Crippen LogP) is 3.69. The molecular weight excluding hydrogens is 232 g/mol. The maximum absolute atomic E-state index is 11.6. The minimum Gasteiger partial charge on any atom is -0.465 e. The third-order valence-corrected chi connectivity index (χ3v) is 4.84.